The summed E-state index contributed by atoms with van der Waals surface area (Å²) in [5.41, 5.74) is 5.14. The van der Waals surface area contributed by atoms with E-state index in [2.05, 4.69) is 84.3 Å². The molecule has 0 fully saturated rings. The first-order chi connectivity index (χ1) is 15.2. The van der Waals surface area contributed by atoms with E-state index in [4.69, 9.17) is 4.98 Å². The van der Waals surface area contributed by atoms with Crippen LogP contribution in [0.4, 0.5) is 4.39 Å². The van der Waals surface area contributed by atoms with Gasteiger partial charge in [0, 0.05) is 22.0 Å². The minimum atomic E-state index is -0.252. The van der Waals surface area contributed by atoms with Crippen molar-refractivity contribution >= 4 is 32.6 Å². The van der Waals surface area contributed by atoms with Crippen LogP contribution in [0, 0.1) is 12.7 Å². The number of benzene rings is 5. The average Bonchev–Trinajstić information content (AvgIpc) is 3.21. The monoisotopic (exact) mass is 402 g/mol. The van der Waals surface area contributed by atoms with Crippen molar-refractivity contribution in [3.63, 3.8) is 0 Å². The van der Waals surface area contributed by atoms with Crippen molar-refractivity contribution in [3.8, 4) is 17.1 Å². The second kappa shape index (κ2) is 6.78. The minimum Gasteiger partial charge on any atom is -0.292 e. The number of halogens is 1. The smallest absolute Gasteiger partial charge is 0.145 e. The zero-order valence-corrected chi connectivity index (χ0v) is 17.0. The lowest BCUT2D eigenvalue weighted by Gasteiger charge is -2.12. The van der Waals surface area contributed by atoms with Gasteiger partial charge in [-0.15, -0.1) is 0 Å². The predicted molar refractivity (Wildman–Crippen MR) is 126 cm³/mol. The van der Waals surface area contributed by atoms with E-state index in [9.17, 15) is 4.39 Å². The maximum Gasteiger partial charge on any atom is 0.145 e. The van der Waals surface area contributed by atoms with E-state index in [0.29, 0.717) is 0 Å². The molecule has 1 aromatic heterocycles. The van der Waals surface area contributed by atoms with E-state index >= 15 is 0 Å². The van der Waals surface area contributed by atoms with Gasteiger partial charge in [-0.25, -0.2) is 9.37 Å². The Kier molecular flexibility index (Phi) is 3.90. The molecule has 1 heterocycles. The van der Waals surface area contributed by atoms with E-state index in [-0.39, 0.29) is 5.82 Å². The van der Waals surface area contributed by atoms with Crippen molar-refractivity contribution < 1.29 is 4.39 Å². The molecule has 6 rings (SSSR count). The molecule has 0 radical (unpaired) electrons. The Hall–Kier alpha value is -3.98. The molecule has 0 aliphatic heterocycles. The average molecular weight is 402 g/mol. The Morgan fingerprint density at radius 2 is 1.23 bits per heavy atom. The van der Waals surface area contributed by atoms with Crippen LogP contribution in [0.3, 0.4) is 0 Å². The van der Waals surface area contributed by atoms with Gasteiger partial charge < -0.3 is 0 Å². The second-order valence-electron chi connectivity index (χ2n) is 7.90. The fourth-order valence-corrected chi connectivity index (χ4v) is 4.44. The highest BCUT2D eigenvalue weighted by molar-refractivity contribution is 6.24. The van der Waals surface area contributed by atoms with Crippen molar-refractivity contribution in [1.29, 1.82) is 0 Å². The molecule has 6 aromatic rings. The van der Waals surface area contributed by atoms with Gasteiger partial charge in [0.1, 0.15) is 11.6 Å². The lowest BCUT2D eigenvalue weighted by atomic mass is 10.00. The van der Waals surface area contributed by atoms with Crippen LogP contribution >= 0.6 is 0 Å². The number of aromatic nitrogens is 2. The lowest BCUT2D eigenvalue weighted by Crippen LogP contribution is -1.98. The molecule has 0 bridgehead atoms. The largest absolute Gasteiger partial charge is 0.292 e. The number of imidazole rings is 1. The summed E-state index contributed by atoms with van der Waals surface area (Å²) in [7, 11) is 0. The van der Waals surface area contributed by atoms with Crippen molar-refractivity contribution in [1.82, 2.24) is 9.55 Å². The van der Waals surface area contributed by atoms with E-state index in [1.54, 1.807) is 12.1 Å². The van der Waals surface area contributed by atoms with Crippen LogP contribution in [-0.4, -0.2) is 9.55 Å². The molecule has 0 aliphatic carbocycles. The van der Waals surface area contributed by atoms with E-state index in [1.165, 1.54) is 28.5 Å². The Bertz CT molecular complexity index is 1580. The van der Waals surface area contributed by atoms with Gasteiger partial charge in [0.05, 0.1) is 11.0 Å². The van der Waals surface area contributed by atoms with Crippen molar-refractivity contribution in [2.24, 2.45) is 0 Å². The summed E-state index contributed by atoms with van der Waals surface area (Å²) in [6.45, 7) is 2.08. The first-order valence-electron chi connectivity index (χ1n) is 10.4. The molecule has 0 saturated heterocycles. The molecular formula is C28H19FN2. The summed E-state index contributed by atoms with van der Waals surface area (Å²) in [5.74, 6) is 0.554. The molecule has 0 spiro atoms. The molecule has 31 heavy (non-hydrogen) atoms. The number of fused-ring (bicyclic) bond motifs is 6. The van der Waals surface area contributed by atoms with Crippen LogP contribution in [0.15, 0.2) is 97.1 Å². The molecule has 0 N–H and O–H groups in total. The van der Waals surface area contributed by atoms with Crippen molar-refractivity contribution in [2.45, 2.75) is 6.92 Å². The Balaban J connectivity index is 1.85. The molecule has 0 unspecified atom stereocenters. The van der Waals surface area contributed by atoms with Gasteiger partial charge in [-0.1, -0.05) is 66.2 Å². The summed E-state index contributed by atoms with van der Waals surface area (Å²) < 4.78 is 15.9. The van der Waals surface area contributed by atoms with Gasteiger partial charge in [-0.2, -0.15) is 0 Å². The first-order valence-corrected chi connectivity index (χ1v) is 10.4. The highest BCUT2D eigenvalue weighted by atomic mass is 19.1. The number of rotatable bonds is 2. The Morgan fingerprint density at radius 1 is 0.645 bits per heavy atom. The topological polar surface area (TPSA) is 17.8 Å². The van der Waals surface area contributed by atoms with Crippen molar-refractivity contribution in [2.75, 3.05) is 0 Å². The molecule has 3 heteroatoms. The normalized spacial score (nSPS) is 11.5. The fourth-order valence-electron chi connectivity index (χ4n) is 4.44. The quantitative estimate of drug-likeness (QED) is 0.275. The lowest BCUT2D eigenvalue weighted by molar-refractivity contribution is 0.628. The zero-order chi connectivity index (χ0) is 20.9. The third kappa shape index (κ3) is 2.74. The van der Waals surface area contributed by atoms with Crippen LogP contribution in [0.5, 0.6) is 0 Å². The summed E-state index contributed by atoms with van der Waals surface area (Å²) >= 11 is 0. The summed E-state index contributed by atoms with van der Waals surface area (Å²) in [5, 5.41) is 4.65. The molecule has 2 nitrogen and oxygen atoms in total. The highest BCUT2D eigenvalue weighted by Crippen LogP contribution is 2.38. The summed E-state index contributed by atoms with van der Waals surface area (Å²) in [6, 6.07) is 31.9. The molecule has 0 saturated carbocycles. The molecule has 0 aliphatic rings. The maximum atomic E-state index is 13.7. The third-order valence-corrected chi connectivity index (χ3v) is 5.93. The molecule has 5 aromatic carbocycles. The number of aryl methyl sites for hydroxylation is 1. The van der Waals surface area contributed by atoms with E-state index in [1.807, 2.05) is 0 Å². The van der Waals surface area contributed by atoms with Gasteiger partial charge in [0.15, 0.2) is 0 Å². The van der Waals surface area contributed by atoms with E-state index in [0.717, 1.165) is 38.9 Å². The number of hydrogen-bond donors (Lipinski definition) is 0. The minimum absolute atomic E-state index is 0.252. The van der Waals surface area contributed by atoms with Gasteiger partial charge in [-0.05, 0) is 54.1 Å². The zero-order valence-electron chi connectivity index (χ0n) is 17.0. The SMILES string of the molecule is Cc1ccc(-n2c(-c3ccc(F)cc3)nc3c4ccccc4c4ccccc4c32)cc1. The summed E-state index contributed by atoms with van der Waals surface area (Å²) in [4.78, 5) is 5.13. The van der Waals surface area contributed by atoms with E-state index < -0.39 is 0 Å². The van der Waals surface area contributed by atoms with Crippen LogP contribution in [0.1, 0.15) is 5.56 Å². The summed E-state index contributed by atoms with van der Waals surface area (Å²) in [6.07, 6.45) is 0. The first kappa shape index (κ1) is 17.8. The van der Waals surface area contributed by atoms with Gasteiger partial charge in [0.25, 0.3) is 0 Å². The van der Waals surface area contributed by atoms with Gasteiger partial charge in [0.2, 0.25) is 0 Å². The van der Waals surface area contributed by atoms with Crippen LogP contribution in [0.25, 0.3) is 49.7 Å². The fraction of sp³-hybridized carbons (Fsp3) is 0.0357. The second-order valence-corrected chi connectivity index (χ2v) is 7.90. The Morgan fingerprint density at radius 3 is 1.90 bits per heavy atom. The van der Waals surface area contributed by atoms with Crippen LogP contribution in [0.2, 0.25) is 0 Å². The third-order valence-electron chi connectivity index (χ3n) is 5.93. The molecule has 0 amide bonds. The molecule has 148 valence electrons. The predicted octanol–water partition coefficient (Wildman–Crippen LogP) is 7.45. The van der Waals surface area contributed by atoms with Crippen molar-refractivity contribution in [3.05, 3.63) is 108 Å². The highest BCUT2D eigenvalue weighted by Gasteiger charge is 2.19. The number of nitrogens with zero attached hydrogens (tertiary/aromatic N) is 2. The number of hydrogen-bond acceptors (Lipinski definition) is 1. The maximum absolute atomic E-state index is 13.7. The molecular weight excluding hydrogens is 383 g/mol. The van der Waals surface area contributed by atoms with Gasteiger partial charge in [-0.3, -0.25) is 4.57 Å². The Labute approximate surface area is 179 Å². The molecule has 0 atom stereocenters. The van der Waals surface area contributed by atoms with Crippen LogP contribution < -0.4 is 0 Å². The van der Waals surface area contributed by atoms with Gasteiger partial charge >= 0.3 is 0 Å². The standard InChI is InChI=1S/C28H19FN2/c1-18-10-16-21(17-11-18)31-27-25-9-5-3-7-23(25)22-6-2-4-8-24(22)26(27)30-28(31)19-12-14-20(29)15-13-19/h2-17H,1H3. The van der Waals surface area contributed by atoms with Crippen LogP contribution in [-0.2, 0) is 0 Å².